The molecule has 4 heteroatoms. The van der Waals surface area contributed by atoms with Crippen LogP contribution in [0.1, 0.15) is 45.7 Å². The largest absolute Gasteiger partial charge is 0.482 e. The van der Waals surface area contributed by atoms with Crippen LogP contribution in [0.15, 0.2) is 18.2 Å². The predicted molar refractivity (Wildman–Crippen MR) is 85.5 cm³/mol. The van der Waals surface area contributed by atoms with Gasteiger partial charge in [-0.25, -0.2) is 0 Å². The van der Waals surface area contributed by atoms with Crippen molar-refractivity contribution < 1.29 is 9.53 Å². The maximum absolute atomic E-state index is 12.2. The first kappa shape index (κ1) is 15.8. The number of carbonyl (C=O) groups is 1. The molecule has 0 bridgehead atoms. The van der Waals surface area contributed by atoms with Crippen LogP contribution in [0.25, 0.3) is 0 Å². The van der Waals surface area contributed by atoms with E-state index in [2.05, 4.69) is 27.7 Å². The van der Waals surface area contributed by atoms with Gasteiger partial charge in [-0.1, -0.05) is 33.8 Å². The van der Waals surface area contributed by atoms with E-state index < -0.39 is 0 Å². The van der Waals surface area contributed by atoms with E-state index in [1.165, 1.54) is 0 Å². The summed E-state index contributed by atoms with van der Waals surface area (Å²) in [6.45, 7) is 9.38. The van der Waals surface area contributed by atoms with E-state index in [1.807, 2.05) is 23.1 Å². The Morgan fingerprint density at radius 3 is 2.62 bits per heavy atom. The zero-order chi connectivity index (χ0) is 15.6. The average molecular weight is 290 g/mol. The first-order valence-electron chi connectivity index (χ1n) is 7.72. The molecule has 1 aliphatic rings. The molecule has 1 heterocycles. The second-order valence-corrected chi connectivity index (χ2v) is 6.51. The summed E-state index contributed by atoms with van der Waals surface area (Å²) in [4.78, 5) is 14.0. The van der Waals surface area contributed by atoms with Gasteiger partial charge in [-0.15, -0.1) is 0 Å². The molecule has 1 atom stereocenters. The molecule has 21 heavy (non-hydrogen) atoms. The lowest BCUT2D eigenvalue weighted by atomic mass is 9.96. The van der Waals surface area contributed by atoms with Gasteiger partial charge in [0.25, 0.3) is 5.91 Å². The van der Waals surface area contributed by atoms with E-state index in [4.69, 9.17) is 10.5 Å². The molecule has 2 N–H and O–H groups in total. The number of hydrogen-bond donors (Lipinski definition) is 1. The Balaban J connectivity index is 2.31. The normalized spacial score (nSPS) is 16.1. The van der Waals surface area contributed by atoms with Gasteiger partial charge in [-0.3, -0.25) is 4.79 Å². The summed E-state index contributed by atoms with van der Waals surface area (Å²) in [5, 5.41) is 0. The minimum Gasteiger partial charge on any atom is -0.482 e. The minimum absolute atomic E-state index is 0.0263. The Labute approximate surface area is 127 Å². The predicted octanol–water partition coefficient (Wildman–Crippen LogP) is 3.11. The van der Waals surface area contributed by atoms with Crippen LogP contribution in [0, 0.1) is 11.8 Å². The standard InChI is InChI=1S/C17H26N2O2/c1-11(2)7-8-19-14-9-13(17(18)12(3)4)5-6-15(14)21-10-16(19)20/h5-6,9,11-12,17H,7-8,10,18H2,1-4H3. The Hall–Kier alpha value is -1.55. The van der Waals surface area contributed by atoms with E-state index in [9.17, 15) is 4.79 Å². The van der Waals surface area contributed by atoms with Crippen LogP contribution in [0.3, 0.4) is 0 Å². The molecule has 0 fully saturated rings. The van der Waals surface area contributed by atoms with Gasteiger partial charge in [0.1, 0.15) is 5.75 Å². The highest BCUT2D eigenvalue weighted by Gasteiger charge is 2.26. The van der Waals surface area contributed by atoms with Gasteiger partial charge in [0.05, 0.1) is 5.69 Å². The number of rotatable bonds is 5. The summed E-state index contributed by atoms with van der Waals surface area (Å²) < 4.78 is 5.54. The summed E-state index contributed by atoms with van der Waals surface area (Å²) >= 11 is 0. The zero-order valence-electron chi connectivity index (χ0n) is 13.4. The first-order valence-corrected chi connectivity index (χ1v) is 7.72. The molecule has 0 saturated heterocycles. The molecular weight excluding hydrogens is 264 g/mol. The summed E-state index contributed by atoms with van der Waals surface area (Å²) in [6, 6.07) is 5.92. The number of hydrogen-bond acceptors (Lipinski definition) is 3. The molecule has 1 aromatic rings. The van der Waals surface area contributed by atoms with E-state index in [0.717, 1.165) is 30.0 Å². The van der Waals surface area contributed by atoms with Crippen molar-refractivity contribution in [3.05, 3.63) is 23.8 Å². The number of carbonyl (C=O) groups excluding carboxylic acids is 1. The number of anilines is 1. The molecule has 1 aromatic carbocycles. The molecule has 0 spiro atoms. The summed E-state index contributed by atoms with van der Waals surface area (Å²) in [5.74, 6) is 1.72. The van der Waals surface area contributed by atoms with Crippen molar-refractivity contribution in [3.63, 3.8) is 0 Å². The lowest BCUT2D eigenvalue weighted by Gasteiger charge is -2.31. The monoisotopic (exact) mass is 290 g/mol. The number of benzene rings is 1. The quantitative estimate of drug-likeness (QED) is 0.906. The van der Waals surface area contributed by atoms with Crippen LogP contribution in [0.5, 0.6) is 5.75 Å². The summed E-state index contributed by atoms with van der Waals surface area (Å²) in [6.07, 6.45) is 0.978. The van der Waals surface area contributed by atoms with Crippen LogP contribution in [-0.2, 0) is 4.79 Å². The third-order valence-corrected chi connectivity index (χ3v) is 3.96. The van der Waals surface area contributed by atoms with E-state index in [0.29, 0.717) is 11.8 Å². The molecule has 1 unspecified atom stereocenters. The van der Waals surface area contributed by atoms with Gasteiger partial charge in [-0.05, 0) is 36.0 Å². The third-order valence-electron chi connectivity index (χ3n) is 3.96. The maximum atomic E-state index is 12.2. The second kappa shape index (κ2) is 6.48. The zero-order valence-corrected chi connectivity index (χ0v) is 13.4. The fourth-order valence-corrected chi connectivity index (χ4v) is 2.44. The molecule has 1 amide bonds. The smallest absolute Gasteiger partial charge is 0.265 e. The van der Waals surface area contributed by atoms with Crippen molar-refractivity contribution in [2.75, 3.05) is 18.1 Å². The van der Waals surface area contributed by atoms with Gasteiger partial charge in [-0.2, -0.15) is 0 Å². The average Bonchev–Trinajstić information content (AvgIpc) is 2.44. The highest BCUT2D eigenvalue weighted by Crippen LogP contribution is 2.35. The highest BCUT2D eigenvalue weighted by atomic mass is 16.5. The van der Waals surface area contributed by atoms with E-state index in [1.54, 1.807) is 0 Å². The Bertz CT molecular complexity index is 512. The number of amides is 1. The SMILES string of the molecule is CC(C)CCN1C(=O)COc2ccc(C(N)C(C)C)cc21. The van der Waals surface area contributed by atoms with Crippen molar-refractivity contribution >= 4 is 11.6 Å². The van der Waals surface area contributed by atoms with Crippen molar-refractivity contribution in [3.8, 4) is 5.75 Å². The molecule has 0 radical (unpaired) electrons. The van der Waals surface area contributed by atoms with E-state index in [-0.39, 0.29) is 18.6 Å². The Morgan fingerprint density at radius 1 is 1.29 bits per heavy atom. The highest BCUT2D eigenvalue weighted by molar-refractivity contribution is 5.97. The van der Waals surface area contributed by atoms with Crippen LogP contribution in [0.4, 0.5) is 5.69 Å². The number of nitrogens with two attached hydrogens (primary N) is 1. The van der Waals surface area contributed by atoms with Crippen LogP contribution in [0.2, 0.25) is 0 Å². The van der Waals surface area contributed by atoms with Crippen LogP contribution in [-0.4, -0.2) is 19.1 Å². The van der Waals surface area contributed by atoms with Crippen LogP contribution < -0.4 is 15.4 Å². The Kier molecular flexibility index (Phi) is 4.88. The topological polar surface area (TPSA) is 55.6 Å². The Morgan fingerprint density at radius 2 is 2.00 bits per heavy atom. The molecule has 0 saturated carbocycles. The van der Waals surface area contributed by atoms with E-state index >= 15 is 0 Å². The minimum atomic E-state index is -0.0284. The van der Waals surface area contributed by atoms with Crippen LogP contribution >= 0.6 is 0 Å². The van der Waals surface area contributed by atoms with Gasteiger partial charge < -0.3 is 15.4 Å². The van der Waals surface area contributed by atoms with Gasteiger partial charge >= 0.3 is 0 Å². The molecule has 0 aromatic heterocycles. The second-order valence-electron chi connectivity index (χ2n) is 6.51. The summed E-state index contributed by atoms with van der Waals surface area (Å²) in [7, 11) is 0. The fraction of sp³-hybridized carbons (Fsp3) is 0.588. The van der Waals surface area contributed by atoms with Crippen molar-refractivity contribution in [1.82, 2.24) is 0 Å². The molecule has 4 nitrogen and oxygen atoms in total. The van der Waals surface area contributed by atoms with Crippen molar-refractivity contribution in [1.29, 1.82) is 0 Å². The molecule has 116 valence electrons. The number of ether oxygens (including phenoxy) is 1. The number of fused-ring (bicyclic) bond motifs is 1. The number of nitrogens with zero attached hydrogens (tertiary/aromatic N) is 1. The molecule has 0 aliphatic carbocycles. The molecule has 2 rings (SSSR count). The third kappa shape index (κ3) is 3.56. The molecule has 1 aliphatic heterocycles. The van der Waals surface area contributed by atoms with Crippen molar-refractivity contribution in [2.24, 2.45) is 17.6 Å². The first-order chi connectivity index (χ1) is 9.90. The summed E-state index contributed by atoms with van der Waals surface area (Å²) in [5.41, 5.74) is 8.14. The van der Waals surface area contributed by atoms with Crippen molar-refractivity contribution in [2.45, 2.75) is 40.2 Å². The van der Waals surface area contributed by atoms with Gasteiger partial charge in [0.2, 0.25) is 0 Å². The molecular formula is C17H26N2O2. The van der Waals surface area contributed by atoms with Gasteiger partial charge in [0.15, 0.2) is 6.61 Å². The lowest BCUT2D eigenvalue weighted by Crippen LogP contribution is -2.40. The fourth-order valence-electron chi connectivity index (χ4n) is 2.44. The lowest BCUT2D eigenvalue weighted by molar-refractivity contribution is -0.121. The maximum Gasteiger partial charge on any atom is 0.265 e. The van der Waals surface area contributed by atoms with Gasteiger partial charge in [0, 0.05) is 12.6 Å².